The largest absolute Gasteiger partial charge is 0.369 e. The van der Waals surface area contributed by atoms with Gasteiger partial charge in [0.2, 0.25) is 21.9 Å². The maximum absolute atomic E-state index is 15.3. The van der Waals surface area contributed by atoms with Crippen molar-refractivity contribution in [2.24, 2.45) is 0 Å². The topological polar surface area (TPSA) is 125 Å². The Hall–Kier alpha value is -4.42. The van der Waals surface area contributed by atoms with Crippen LogP contribution in [-0.4, -0.2) is 37.4 Å². The van der Waals surface area contributed by atoms with Crippen molar-refractivity contribution < 1.29 is 22.0 Å². The Morgan fingerprint density at radius 1 is 1.00 bits per heavy atom. The third-order valence-corrected chi connectivity index (χ3v) is 8.23. The van der Waals surface area contributed by atoms with Gasteiger partial charge in [0.1, 0.15) is 17.5 Å². The molecule has 1 aliphatic rings. The fourth-order valence-corrected chi connectivity index (χ4v) is 5.43. The van der Waals surface area contributed by atoms with Crippen LogP contribution >= 0.6 is 0 Å². The van der Waals surface area contributed by atoms with Crippen LogP contribution in [0.25, 0.3) is 11.1 Å². The highest BCUT2D eigenvalue weighted by Crippen LogP contribution is 2.32. The van der Waals surface area contributed by atoms with E-state index < -0.39 is 33.0 Å². The predicted octanol–water partition coefficient (Wildman–Crippen LogP) is 5.18. The molecule has 0 saturated carbocycles. The van der Waals surface area contributed by atoms with E-state index in [1.807, 2.05) is 0 Å². The lowest BCUT2D eigenvalue weighted by Gasteiger charge is -2.24. The number of nitrogens with one attached hydrogen (secondary N) is 4. The molecular weight excluding hydrogens is 550 g/mol. The molecule has 9 nitrogen and oxygen atoms in total. The van der Waals surface area contributed by atoms with Crippen molar-refractivity contribution in [2.75, 3.05) is 29.0 Å². The minimum Gasteiger partial charge on any atom is -0.369 e. The van der Waals surface area contributed by atoms with Crippen LogP contribution in [0.3, 0.4) is 0 Å². The summed E-state index contributed by atoms with van der Waals surface area (Å²) in [6.45, 7) is 3.86. The van der Waals surface area contributed by atoms with Crippen LogP contribution < -0.4 is 20.7 Å². The van der Waals surface area contributed by atoms with Gasteiger partial charge in [0, 0.05) is 30.5 Å². The molecule has 0 radical (unpaired) electrons. The lowest BCUT2D eigenvalue weighted by atomic mass is 9.83. The van der Waals surface area contributed by atoms with Gasteiger partial charge >= 0.3 is 0 Å². The van der Waals surface area contributed by atoms with Crippen molar-refractivity contribution in [3.63, 3.8) is 0 Å². The summed E-state index contributed by atoms with van der Waals surface area (Å²) in [6.07, 6.45) is 2.00. The first-order valence-corrected chi connectivity index (χ1v) is 14.4. The number of aromatic nitrogens is 2. The number of sulfonamides is 1. The van der Waals surface area contributed by atoms with Gasteiger partial charge in [-0.05, 0) is 73.9 Å². The zero-order valence-electron chi connectivity index (χ0n) is 22.3. The minimum atomic E-state index is -3.68. The third-order valence-electron chi connectivity index (χ3n) is 6.77. The molecule has 0 spiro atoms. The summed E-state index contributed by atoms with van der Waals surface area (Å²) in [5.41, 5.74) is 0.780. The van der Waals surface area contributed by atoms with Crippen molar-refractivity contribution in [3.8, 4) is 11.1 Å². The fourth-order valence-electron chi connectivity index (χ4n) is 4.31. The van der Waals surface area contributed by atoms with Gasteiger partial charge < -0.3 is 16.0 Å². The summed E-state index contributed by atoms with van der Waals surface area (Å²) in [5, 5.41) is 8.81. The lowest BCUT2D eigenvalue weighted by Crippen LogP contribution is -2.35. The van der Waals surface area contributed by atoms with E-state index in [4.69, 9.17) is 0 Å². The molecule has 5 rings (SSSR count). The molecule has 0 saturated heterocycles. The molecular formula is C29H28F2N6O3S. The first-order chi connectivity index (χ1) is 19.5. The van der Waals surface area contributed by atoms with Crippen LogP contribution in [0.5, 0.6) is 0 Å². The maximum atomic E-state index is 15.3. The van der Waals surface area contributed by atoms with E-state index in [9.17, 15) is 17.6 Å². The van der Waals surface area contributed by atoms with E-state index in [-0.39, 0.29) is 23.1 Å². The average Bonchev–Trinajstić information content (AvgIpc) is 2.94. The predicted molar refractivity (Wildman–Crippen MR) is 154 cm³/mol. The van der Waals surface area contributed by atoms with Gasteiger partial charge in [-0.15, -0.1) is 0 Å². The van der Waals surface area contributed by atoms with E-state index in [2.05, 4.69) is 30.6 Å². The van der Waals surface area contributed by atoms with Crippen LogP contribution in [0.2, 0.25) is 0 Å². The van der Waals surface area contributed by atoms with Crippen molar-refractivity contribution in [2.45, 2.75) is 30.6 Å². The Bertz CT molecular complexity index is 1730. The number of hydrogen-bond acceptors (Lipinski definition) is 7. The molecule has 1 amide bonds. The highest BCUT2D eigenvalue weighted by atomic mass is 32.2. The van der Waals surface area contributed by atoms with Gasteiger partial charge in [0.05, 0.1) is 16.0 Å². The number of amides is 1. The second kappa shape index (κ2) is 11.2. The molecule has 212 valence electrons. The molecule has 1 aliphatic heterocycles. The van der Waals surface area contributed by atoms with Gasteiger partial charge in [-0.25, -0.2) is 26.9 Å². The molecule has 2 heterocycles. The molecule has 0 unspecified atom stereocenters. The van der Waals surface area contributed by atoms with E-state index in [0.29, 0.717) is 41.2 Å². The Kier molecular flexibility index (Phi) is 7.70. The number of fused-ring (bicyclic) bond motifs is 4. The average molecular weight is 579 g/mol. The van der Waals surface area contributed by atoms with E-state index >= 15 is 4.39 Å². The van der Waals surface area contributed by atoms with Gasteiger partial charge in [0.15, 0.2) is 0 Å². The zero-order chi connectivity index (χ0) is 29.2. The van der Waals surface area contributed by atoms with Gasteiger partial charge in [-0.3, -0.25) is 4.79 Å². The Labute approximate surface area is 236 Å². The molecule has 4 aromatic rings. The van der Waals surface area contributed by atoms with Crippen LogP contribution in [0.4, 0.5) is 31.9 Å². The summed E-state index contributed by atoms with van der Waals surface area (Å²) in [6, 6.07) is 16.4. The molecule has 12 heteroatoms. The number of carbonyl (C=O) groups excluding carboxylic acids is 1. The van der Waals surface area contributed by atoms with Crippen molar-refractivity contribution >= 4 is 39.1 Å². The Morgan fingerprint density at radius 3 is 2.59 bits per heavy atom. The molecule has 1 aromatic heterocycles. The SMILES string of the molecule is CC(C)(C(=O)Nc1ccc(-c2cnc3nc2NCCCNS(=O)(=O)c2cccc(c2)N3)cc1F)c1cccc(F)c1. The standard InChI is InChI=1S/C29H28F2N6O3S/c1-29(2,19-6-3-7-20(30)15-19)27(38)36-25-11-10-18(14-24(25)31)23-17-33-28-35-21-8-4-9-22(16-21)41(39,40)34-13-5-12-32-26(23)37-28/h3-4,6-11,14-17,34H,5,12-13H2,1-2H3,(H,36,38)(H2,32,33,35,37). The van der Waals surface area contributed by atoms with Crippen LogP contribution in [0.15, 0.2) is 77.8 Å². The summed E-state index contributed by atoms with van der Waals surface area (Å²) in [5.74, 6) is -0.982. The Morgan fingerprint density at radius 2 is 1.80 bits per heavy atom. The monoisotopic (exact) mass is 578 g/mol. The normalized spacial score (nSPS) is 14.8. The van der Waals surface area contributed by atoms with E-state index in [1.54, 1.807) is 38.1 Å². The highest BCUT2D eigenvalue weighted by molar-refractivity contribution is 7.89. The lowest BCUT2D eigenvalue weighted by molar-refractivity contribution is -0.120. The summed E-state index contributed by atoms with van der Waals surface area (Å²) in [4.78, 5) is 22.0. The van der Waals surface area contributed by atoms with Crippen molar-refractivity contribution in [1.82, 2.24) is 14.7 Å². The number of nitrogens with zero attached hydrogens (tertiary/aromatic N) is 2. The third kappa shape index (κ3) is 6.18. The van der Waals surface area contributed by atoms with Gasteiger partial charge in [-0.1, -0.05) is 24.3 Å². The number of benzene rings is 3. The first-order valence-electron chi connectivity index (χ1n) is 12.9. The quantitative estimate of drug-likeness (QED) is 0.263. The molecule has 4 bridgehead atoms. The molecule has 0 atom stereocenters. The van der Waals surface area contributed by atoms with Crippen LogP contribution in [0, 0.1) is 11.6 Å². The second-order valence-corrected chi connectivity index (χ2v) is 11.8. The molecule has 0 aliphatic carbocycles. The van der Waals surface area contributed by atoms with Crippen LogP contribution in [0.1, 0.15) is 25.8 Å². The number of carbonyl (C=O) groups is 1. The maximum Gasteiger partial charge on any atom is 0.240 e. The number of hydrogen-bond donors (Lipinski definition) is 4. The van der Waals surface area contributed by atoms with E-state index in [0.717, 1.165) is 0 Å². The number of halogens is 2. The van der Waals surface area contributed by atoms with Gasteiger partial charge in [0.25, 0.3) is 0 Å². The fraction of sp³-hybridized carbons (Fsp3) is 0.207. The first kappa shape index (κ1) is 28.1. The van der Waals surface area contributed by atoms with E-state index in [1.165, 1.54) is 48.7 Å². The number of rotatable bonds is 4. The minimum absolute atomic E-state index is 0.0255. The van der Waals surface area contributed by atoms with Crippen molar-refractivity contribution in [1.29, 1.82) is 0 Å². The van der Waals surface area contributed by atoms with Crippen LogP contribution in [-0.2, 0) is 20.2 Å². The number of anilines is 4. The van der Waals surface area contributed by atoms with Gasteiger partial charge in [-0.2, -0.15) is 4.98 Å². The summed E-state index contributed by atoms with van der Waals surface area (Å²) in [7, 11) is -3.68. The Balaban J connectivity index is 1.41. The molecule has 0 fully saturated rings. The van der Waals surface area contributed by atoms with Crippen molar-refractivity contribution in [3.05, 3.63) is 90.1 Å². The smallest absolute Gasteiger partial charge is 0.240 e. The molecule has 3 aromatic carbocycles. The zero-order valence-corrected chi connectivity index (χ0v) is 23.1. The molecule has 41 heavy (non-hydrogen) atoms. The summed E-state index contributed by atoms with van der Waals surface area (Å²) >= 11 is 0. The summed E-state index contributed by atoms with van der Waals surface area (Å²) < 4.78 is 56.8. The second-order valence-electron chi connectivity index (χ2n) is 10.1. The molecule has 4 N–H and O–H groups in total. The highest BCUT2D eigenvalue weighted by Gasteiger charge is 2.31.